The lowest BCUT2D eigenvalue weighted by Crippen LogP contribution is -2.16. The van der Waals surface area contributed by atoms with Gasteiger partial charge in [0.15, 0.2) is 0 Å². The van der Waals surface area contributed by atoms with Crippen molar-refractivity contribution in [3.8, 4) is 22.6 Å². The molecule has 0 radical (unpaired) electrons. The summed E-state index contributed by atoms with van der Waals surface area (Å²) in [6.07, 6.45) is 3.12. The number of benzene rings is 2. The summed E-state index contributed by atoms with van der Waals surface area (Å²) in [7, 11) is 0. The Labute approximate surface area is 144 Å². The zero-order valence-corrected chi connectivity index (χ0v) is 14.4. The molecule has 0 unspecified atom stereocenters. The maximum absolute atomic E-state index is 4.52. The van der Waals surface area contributed by atoms with Crippen LogP contribution in [0.15, 0.2) is 60.8 Å². The molecule has 1 aromatic heterocycles. The van der Waals surface area contributed by atoms with Crippen molar-refractivity contribution >= 4 is 0 Å². The number of aromatic amines is 1. The SMILES string of the molecule is CC(C)CCNCc1cccc(-c2cnc(-c3ccccc3)[nH]2)c1. The number of hydrogen-bond donors (Lipinski definition) is 2. The largest absolute Gasteiger partial charge is 0.338 e. The fourth-order valence-corrected chi connectivity index (χ4v) is 2.68. The van der Waals surface area contributed by atoms with Crippen LogP contribution in [0.2, 0.25) is 0 Å². The minimum Gasteiger partial charge on any atom is -0.338 e. The Balaban J connectivity index is 1.69. The summed E-state index contributed by atoms with van der Waals surface area (Å²) in [6, 6.07) is 18.8. The molecule has 0 aliphatic rings. The van der Waals surface area contributed by atoms with Gasteiger partial charge in [0.1, 0.15) is 5.82 Å². The number of aromatic nitrogens is 2. The molecule has 0 saturated carbocycles. The number of rotatable bonds is 7. The summed E-state index contributed by atoms with van der Waals surface area (Å²) >= 11 is 0. The molecule has 2 N–H and O–H groups in total. The zero-order chi connectivity index (χ0) is 16.8. The summed E-state index contributed by atoms with van der Waals surface area (Å²) in [4.78, 5) is 7.94. The monoisotopic (exact) mass is 319 g/mol. The van der Waals surface area contributed by atoms with E-state index in [0.29, 0.717) is 0 Å². The van der Waals surface area contributed by atoms with Crippen molar-refractivity contribution in [2.24, 2.45) is 5.92 Å². The van der Waals surface area contributed by atoms with E-state index < -0.39 is 0 Å². The van der Waals surface area contributed by atoms with Gasteiger partial charge in [-0.3, -0.25) is 0 Å². The van der Waals surface area contributed by atoms with Gasteiger partial charge in [-0.2, -0.15) is 0 Å². The van der Waals surface area contributed by atoms with E-state index in [2.05, 4.69) is 65.5 Å². The highest BCUT2D eigenvalue weighted by molar-refractivity contribution is 5.64. The first-order valence-electron chi connectivity index (χ1n) is 8.63. The second-order valence-electron chi connectivity index (χ2n) is 6.57. The first-order valence-corrected chi connectivity index (χ1v) is 8.63. The molecule has 3 nitrogen and oxygen atoms in total. The molecule has 0 bridgehead atoms. The van der Waals surface area contributed by atoms with Crippen LogP contribution in [0.4, 0.5) is 0 Å². The van der Waals surface area contributed by atoms with Crippen LogP contribution in [0.3, 0.4) is 0 Å². The Hall–Kier alpha value is -2.39. The standard InChI is InChI=1S/C21H25N3/c1-16(2)11-12-22-14-17-7-6-10-19(13-17)20-15-23-21(24-20)18-8-4-3-5-9-18/h3-10,13,15-16,22H,11-12,14H2,1-2H3,(H,23,24). The quantitative estimate of drug-likeness (QED) is 0.609. The van der Waals surface area contributed by atoms with E-state index >= 15 is 0 Å². The van der Waals surface area contributed by atoms with Crippen molar-refractivity contribution in [3.63, 3.8) is 0 Å². The lowest BCUT2D eigenvalue weighted by Gasteiger charge is -2.08. The lowest BCUT2D eigenvalue weighted by molar-refractivity contribution is 0.537. The van der Waals surface area contributed by atoms with Crippen LogP contribution in [0.25, 0.3) is 22.6 Å². The van der Waals surface area contributed by atoms with Gasteiger partial charge in [-0.1, -0.05) is 62.4 Å². The average molecular weight is 319 g/mol. The minimum absolute atomic E-state index is 0.741. The molecule has 1 heterocycles. The molecule has 0 aliphatic carbocycles. The van der Waals surface area contributed by atoms with Crippen LogP contribution in [0.1, 0.15) is 25.8 Å². The molecule has 0 amide bonds. The summed E-state index contributed by atoms with van der Waals surface area (Å²) in [5.74, 6) is 1.65. The lowest BCUT2D eigenvalue weighted by atomic mass is 10.1. The van der Waals surface area contributed by atoms with Crippen LogP contribution in [-0.2, 0) is 6.54 Å². The van der Waals surface area contributed by atoms with Gasteiger partial charge in [0.25, 0.3) is 0 Å². The first kappa shape index (κ1) is 16.5. The van der Waals surface area contributed by atoms with Crippen molar-refractivity contribution in [1.29, 1.82) is 0 Å². The maximum Gasteiger partial charge on any atom is 0.137 e. The van der Waals surface area contributed by atoms with E-state index in [1.165, 1.54) is 17.5 Å². The van der Waals surface area contributed by atoms with E-state index in [1.54, 1.807) is 0 Å². The minimum atomic E-state index is 0.741. The third kappa shape index (κ3) is 4.33. The molecule has 0 atom stereocenters. The smallest absolute Gasteiger partial charge is 0.137 e. The van der Waals surface area contributed by atoms with Gasteiger partial charge in [0.2, 0.25) is 0 Å². The third-order valence-corrected chi connectivity index (χ3v) is 4.09. The van der Waals surface area contributed by atoms with Gasteiger partial charge in [-0.25, -0.2) is 4.98 Å². The van der Waals surface area contributed by atoms with Gasteiger partial charge in [0, 0.05) is 12.1 Å². The Morgan fingerprint density at radius 3 is 2.58 bits per heavy atom. The van der Waals surface area contributed by atoms with Gasteiger partial charge >= 0.3 is 0 Å². The van der Waals surface area contributed by atoms with Crippen LogP contribution in [-0.4, -0.2) is 16.5 Å². The molecule has 3 rings (SSSR count). The van der Waals surface area contributed by atoms with E-state index in [-0.39, 0.29) is 0 Å². The van der Waals surface area contributed by atoms with Crippen molar-refractivity contribution in [1.82, 2.24) is 15.3 Å². The Morgan fingerprint density at radius 1 is 1.00 bits per heavy atom. The maximum atomic E-state index is 4.52. The molecule has 0 spiro atoms. The summed E-state index contributed by atoms with van der Waals surface area (Å²) < 4.78 is 0. The number of nitrogens with one attached hydrogen (secondary N) is 2. The molecule has 0 aliphatic heterocycles. The van der Waals surface area contributed by atoms with Crippen molar-refractivity contribution in [2.45, 2.75) is 26.8 Å². The Bertz CT molecular complexity index is 760. The van der Waals surface area contributed by atoms with Crippen LogP contribution < -0.4 is 5.32 Å². The molecule has 3 heteroatoms. The summed E-state index contributed by atoms with van der Waals surface area (Å²) in [5.41, 5.74) is 4.63. The van der Waals surface area contributed by atoms with E-state index in [0.717, 1.165) is 36.1 Å². The molecular weight excluding hydrogens is 294 g/mol. The van der Waals surface area contributed by atoms with E-state index in [4.69, 9.17) is 0 Å². The van der Waals surface area contributed by atoms with Crippen molar-refractivity contribution in [2.75, 3.05) is 6.54 Å². The highest BCUT2D eigenvalue weighted by Gasteiger charge is 2.06. The van der Waals surface area contributed by atoms with E-state index in [1.807, 2.05) is 24.4 Å². The van der Waals surface area contributed by atoms with Crippen LogP contribution in [0, 0.1) is 5.92 Å². The van der Waals surface area contributed by atoms with Gasteiger partial charge in [-0.05, 0) is 36.1 Å². The third-order valence-electron chi connectivity index (χ3n) is 4.09. The van der Waals surface area contributed by atoms with Crippen molar-refractivity contribution in [3.05, 3.63) is 66.4 Å². The predicted molar refractivity (Wildman–Crippen MR) is 101 cm³/mol. The zero-order valence-electron chi connectivity index (χ0n) is 14.4. The second kappa shape index (κ2) is 7.93. The fraction of sp³-hybridized carbons (Fsp3) is 0.286. The van der Waals surface area contributed by atoms with Gasteiger partial charge in [-0.15, -0.1) is 0 Å². The normalized spacial score (nSPS) is 11.1. The predicted octanol–water partition coefficient (Wildman–Crippen LogP) is 4.88. The molecule has 3 aromatic rings. The molecule has 0 fully saturated rings. The summed E-state index contributed by atoms with van der Waals surface area (Å²) in [6.45, 7) is 6.47. The molecular formula is C21H25N3. The van der Waals surface area contributed by atoms with E-state index in [9.17, 15) is 0 Å². The van der Waals surface area contributed by atoms with Crippen LogP contribution >= 0.6 is 0 Å². The number of nitrogens with zero attached hydrogens (tertiary/aromatic N) is 1. The second-order valence-corrected chi connectivity index (χ2v) is 6.57. The topological polar surface area (TPSA) is 40.7 Å². The highest BCUT2D eigenvalue weighted by atomic mass is 14.9. The van der Waals surface area contributed by atoms with Crippen molar-refractivity contribution < 1.29 is 0 Å². The highest BCUT2D eigenvalue weighted by Crippen LogP contribution is 2.22. The van der Waals surface area contributed by atoms with Gasteiger partial charge in [0.05, 0.1) is 11.9 Å². The Morgan fingerprint density at radius 2 is 1.79 bits per heavy atom. The number of H-pyrrole nitrogens is 1. The molecule has 124 valence electrons. The molecule has 2 aromatic carbocycles. The first-order chi connectivity index (χ1) is 11.7. The average Bonchev–Trinajstić information content (AvgIpc) is 3.10. The molecule has 24 heavy (non-hydrogen) atoms. The summed E-state index contributed by atoms with van der Waals surface area (Å²) in [5, 5.41) is 3.52. The van der Waals surface area contributed by atoms with Crippen LogP contribution in [0.5, 0.6) is 0 Å². The number of imidazole rings is 1. The van der Waals surface area contributed by atoms with Gasteiger partial charge < -0.3 is 10.3 Å². The fourth-order valence-electron chi connectivity index (χ4n) is 2.68. The number of hydrogen-bond acceptors (Lipinski definition) is 2. The Kier molecular flexibility index (Phi) is 5.44. The molecule has 0 saturated heterocycles.